The first-order valence-corrected chi connectivity index (χ1v) is 8.89. The normalized spacial score (nSPS) is 13.9. The number of fused-ring (bicyclic) bond motifs is 1. The van der Waals surface area contributed by atoms with Gasteiger partial charge in [-0.05, 0) is 35.7 Å². The van der Waals surface area contributed by atoms with Crippen molar-refractivity contribution in [3.8, 4) is 11.5 Å². The molecular weight excluding hydrogens is 372 g/mol. The largest absolute Gasteiger partial charge is 0.486 e. The fourth-order valence-electron chi connectivity index (χ4n) is 2.96. The summed E-state index contributed by atoms with van der Waals surface area (Å²) in [6.45, 7) is 4.87. The van der Waals surface area contributed by atoms with Crippen LogP contribution >= 0.6 is 11.6 Å². The number of nitro groups is 1. The van der Waals surface area contributed by atoms with Crippen LogP contribution in [0, 0.1) is 16.0 Å². The summed E-state index contributed by atoms with van der Waals surface area (Å²) in [4.78, 5) is 23.4. The molecule has 0 aromatic heterocycles. The van der Waals surface area contributed by atoms with Gasteiger partial charge in [0.15, 0.2) is 11.5 Å². The molecule has 0 saturated heterocycles. The Morgan fingerprint density at radius 3 is 2.52 bits per heavy atom. The van der Waals surface area contributed by atoms with E-state index in [1.807, 2.05) is 26.0 Å². The summed E-state index contributed by atoms with van der Waals surface area (Å²) < 4.78 is 11.1. The molecule has 1 aliphatic rings. The monoisotopic (exact) mass is 390 g/mol. The molecule has 0 unspecified atom stereocenters. The summed E-state index contributed by atoms with van der Waals surface area (Å²) in [6.07, 6.45) is 0. The third kappa shape index (κ3) is 4.14. The van der Waals surface area contributed by atoms with Crippen molar-refractivity contribution in [2.45, 2.75) is 19.9 Å². The van der Waals surface area contributed by atoms with Crippen LogP contribution in [0.5, 0.6) is 11.5 Å². The van der Waals surface area contributed by atoms with E-state index >= 15 is 0 Å². The molecule has 0 fully saturated rings. The third-order valence-electron chi connectivity index (χ3n) is 4.28. The first-order chi connectivity index (χ1) is 12.9. The minimum Gasteiger partial charge on any atom is -0.486 e. The van der Waals surface area contributed by atoms with Crippen molar-refractivity contribution in [3.63, 3.8) is 0 Å². The molecule has 2 aromatic rings. The molecule has 1 heterocycles. The fourth-order valence-corrected chi connectivity index (χ4v) is 3.12. The molecule has 1 N–H and O–H groups in total. The molecule has 0 bridgehead atoms. The number of rotatable bonds is 5. The molecule has 0 saturated carbocycles. The molecule has 0 radical (unpaired) electrons. The Labute approximate surface area is 161 Å². The number of halogens is 1. The van der Waals surface area contributed by atoms with Crippen molar-refractivity contribution in [1.82, 2.24) is 5.32 Å². The quantitative estimate of drug-likeness (QED) is 0.611. The van der Waals surface area contributed by atoms with Gasteiger partial charge in [-0.3, -0.25) is 14.9 Å². The molecule has 8 heteroatoms. The van der Waals surface area contributed by atoms with Gasteiger partial charge in [0.25, 0.3) is 11.6 Å². The van der Waals surface area contributed by atoms with E-state index in [-0.39, 0.29) is 28.2 Å². The van der Waals surface area contributed by atoms with Crippen LogP contribution < -0.4 is 14.8 Å². The second-order valence-electron chi connectivity index (χ2n) is 6.52. The number of hydrogen-bond donors (Lipinski definition) is 1. The third-order valence-corrected chi connectivity index (χ3v) is 4.51. The smallest absolute Gasteiger partial charge is 0.283 e. The lowest BCUT2D eigenvalue weighted by atomic mass is 9.95. The van der Waals surface area contributed by atoms with Gasteiger partial charge in [0.05, 0.1) is 11.0 Å². The molecule has 1 amide bonds. The van der Waals surface area contributed by atoms with E-state index in [1.165, 1.54) is 18.2 Å². The van der Waals surface area contributed by atoms with Crippen molar-refractivity contribution >= 4 is 23.2 Å². The Morgan fingerprint density at radius 2 is 1.85 bits per heavy atom. The highest BCUT2D eigenvalue weighted by Crippen LogP contribution is 2.34. The van der Waals surface area contributed by atoms with Crippen molar-refractivity contribution in [2.24, 2.45) is 5.92 Å². The lowest BCUT2D eigenvalue weighted by Gasteiger charge is -2.25. The lowest BCUT2D eigenvalue weighted by molar-refractivity contribution is -0.385. The van der Waals surface area contributed by atoms with Crippen LogP contribution in [0.25, 0.3) is 0 Å². The molecule has 0 aliphatic carbocycles. The molecule has 142 valence electrons. The van der Waals surface area contributed by atoms with E-state index in [0.29, 0.717) is 24.7 Å². The topological polar surface area (TPSA) is 90.7 Å². The number of nitrogens with zero attached hydrogens (tertiary/aromatic N) is 1. The number of ether oxygens (including phenoxy) is 2. The first-order valence-electron chi connectivity index (χ1n) is 8.51. The minimum absolute atomic E-state index is 0.0346. The SMILES string of the molecule is CC(C)[C@H](NC(=O)c1ccc(Cl)cc1[N+](=O)[O-])c1ccc2c(c1)OCCO2. The van der Waals surface area contributed by atoms with E-state index in [9.17, 15) is 14.9 Å². The van der Waals surface area contributed by atoms with E-state index in [2.05, 4.69) is 5.32 Å². The van der Waals surface area contributed by atoms with Crippen LogP contribution in [0.15, 0.2) is 36.4 Å². The second-order valence-corrected chi connectivity index (χ2v) is 6.95. The predicted molar refractivity (Wildman–Crippen MR) is 101 cm³/mol. The number of nitro benzene ring substituents is 1. The molecule has 2 aromatic carbocycles. The minimum atomic E-state index is -0.616. The lowest BCUT2D eigenvalue weighted by Crippen LogP contribution is -2.32. The van der Waals surface area contributed by atoms with Crippen molar-refractivity contribution in [3.05, 3.63) is 62.7 Å². The summed E-state index contributed by atoms with van der Waals surface area (Å²) in [6, 6.07) is 9.11. The highest BCUT2D eigenvalue weighted by Gasteiger charge is 2.26. The average Bonchev–Trinajstić information content (AvgIpc) is 2.65. The van der Waals surface area contributed by atoms with E-state index in [4.69, 9.17) is 21.1 Å². The number of nitrogens with one attached hydrogen (secondary N) is 1. The molecular formula is C19H19ClN2O5. The van der Waals surface area contributed by atoms with Gasteiger partial charge in [0.1, 0.15) is 18.8 Å². The van der Waals surface area contributed by atoms with Gasteiger partial charge in [-0.25, -0.2) is 0 Å². The van der Waals surface area contributed by atoms with Crippen LogP contribution in [0.1, 0.15) is 35.8 Å². The Balaban J connectivity index is 1.89. The summed E-state index contributed by atoms with van der Waals surface area (Å²) in [7, 11) is 0. The maximum absolute atomic E-state index is 12.7. The maximum atomic E-state index is 12.7. The highest BCUT2D eigenvalue weighted by atomic mass is 35.5. The Morgan fingerprint density at radius 1 is 1.15 bits per heavy atom. The Bertz CT molecular complexity index is 884. The standard InChI is InChI=1S/C19H19ClN2O5/c1-11(2)18(12-3-6-16-17(9-12)27-8-7-26-16)21-19(23)14-5-4-13(20)10-15(14)22(24)25/h3-6,9-11,18H,7-8H2,1-2H3,(H,21,23)/t18-/m0/s1. The van der Waals surface area contributed by atoms with E-state index in [0.717, 1.165) is 5.56 Å². The van der Waals surface area contributed by atoms with Crippen molar-refractivity contribution < 1.29 is 19.2 Å². The predicted octanol–water partition coefficient (Wildman–Crippen LogP) is 4.15. The van der Waals surface area contributed by atoms with Crippen LogP contribution in [-0.4, -0.2) is 24.0 Å². The van der Waals surface area contributed by atoms with Crippen LogP contribution in [0.3, 0.4) is 0 Å². The van der Waals surface area contributed by atoms with Gasteiger partial charge in [-0.2, -0.15) is 0 Å². The zero-order chi connectivity index (χ0) is 19.6. The van der Waals surface area contributed by atoms with E-state index < -0.39 is 10.8 Å². The maximum Gasteiger partial charge on any atom is 0.283 e. The van der Waals surface area contributed by atoms with Gasteiger partial charge in [0, 0.05) is 11.1 Å². The average molecular weight is 391 g/mol. The van der Waals surface area contributed by atoms with Gasteiger partial charge >= 0.3 is 0 Å². The zero-order valence-electron chi connectivity index (χ0n) is 14.9. The van der Waals surface area contributed by atoms with Gasteiger partial charge < -0.3 is 14.8 Å². The molecule has 1 aliphatic heterocycles. The fraction of sp³-hybridized carbons (Fsp3) is 0.316. The molecule has 3 rings (SSSR count). The van der Waals surface area contributed by atoms with Crippen molar-refractivity contribution in [1.29, 1.82) is 0 Å². The number of amides is 1. The first kappa shape index (κ1) is 19.0. The molecule has 0 spiro atoms. The summed E-state index contributed by atoms with van der Waals surface area (Å²) in [5.41, 5.74) is 0.469. The molecule has 1 atom stereocenters. The number of benzene rings is 2. The van der Waals surface area contributed by atoms with Crippen molar-refractivity contribution in [2.75, 3.05) is 13.2 Å². The summed E-state index contributed by atoms with van der Waals surface area (Å²) in [5, 5.41) is 14.4. The number of carbonyl (C=O) groups excluding carboxylic acids is 1. The van der Waals surface area contributed by atoms with Gasteiger partial charge in [-0.1, -0.05) is 31.5 Å². The Hall–Kier alpha value is -2.80. The van der Waals surface area contributed by atoms with Crippen LogP contribution in [-0.2, 0) is 0 Å². The van der Waals surface area contributed by atoms with Gasteiger partial charge in [0.2, 0.25) is 0 Å². The zero-order valence-corrected chi connectivity index (χ0v) is 15.7. The summed E-state index contributed by atoms with van der Waals surface area (Å²) >= 11 is 5.82. The van der Waals surface area contributed by atoms with E-state index in [1.54, 1.807) is 6.07 Å². The highest BCUT2D eigenvalue weighted by molar-refractivity contribution is 6.31. The van der Waals surface area contributed by atoms with Gasteiger partial charge in [-0.15, -0.1) is 0 Å². The van der Waals surface area contributed by atoms with Crippen LogP contribution in [0.2, 0.25) is 5.02 Å². The summed E-state index contributed by atoms with van der Waals surface area (Å²) in [5.74, 6) is 0.790. The molecule has 7 nitrogen and oxygen atoms in total. The molecule has 27 heavy (non-hydrogen) atoms. The number of carbonyl (C=O) groups is 1. The Kier molecular flexibility index (Phi) is 5.51. The van der Waals surface area contributed by atoms with Crippen LogP contribution in [0.4, 0.5) is 5.69 Å². The second kappa shape index (κ2) is 7.84. The number of hydrogen-bond acceptors (Lipinski definition) is 5.